The van der Waals surface area contributed by atoms with Gasteiger partial charge in [-0.1, -0.05) is 17.7 Å². The van der Waals surface area contributed by atoms with Gasteiger partial charge in [0.25, 0.3) is 5.91 Å². The lowest BCUT2D eigenvalue weighted by molar-refractivity contribution is 0.0708. The van der Waals surface area contributed by atoms with Gasteiger partial charge >= 0.3 is 0 Å². The fourth-order valence-electron chi connectivity index (χ4n) is 3.64. The average molecular weight is 394 g/mol. The lowest BCUT2D eigenvalue weighted by Gasteiger charge is -2.24. The number of halogens is 1. The summed E-state index contributed by atoms with van der Waals surface area (Å²) in [6.07, 6.45) is 3.32. The van der Waals surface area contributed by atoms with E-state index in [9.17, 15) is 4.79 Å². The number of likely N-dealkylation sites (N-methyl/N-ethyl adjacent to an activating group) is 1. The molecule has 0 fully saturated rings. The van der Waals surface area contributed by atoms with Crippen LogP contribution >= 0.6 is 11.6 Å². The van der Waals surface area contributed by atoms with Crippen molar-refractivity contribution in [3.05, 3.63) is 65.1 Å². The summed E-state index contributed by atoms with van der Waals surface area (Å²) in [5.74, 6) is 1.01. The first kappa shape index (κ1) is 16.8. The zero-order valence-corrected chi connectivity index (χ0v) is 15.7. The highest BCUT2D eigenvalue weighted by Crippen LogP contribution is 2.37. The Morgan fingerprint density at radius 1 is 1.29 bits per heavy atom. The molecule has 4 aromatic rings. The molecule has 0 saturated heterocycles. The second-order valence-electron chi connectivity index (χ2n) is 6.77. The van der Waals surface area contributed by atoms with Crippen LogP contribution in [0.15, 0.2) is 48.9 Å². The Hall–Kier alpha value is -3.32. The molecule has 140 valence electrons. The molecule has 0 aliphatic carbocycles. The molecule has 5 rings (SSSR count). The molecule has 1 amide bonds. The molecule has 0 radical (unpaired) electrons. The lowest BCUT2D eigenvalue weighted by Crippen LogP contribution is -2.32. The average Bonchev–Trinajstić information content (AvgIpc) is 3.34. The number of carbonyl (C=O) groups excluding carboxylic acids is 1. The number of anilines is 1. The summed E-state index contributed by atoms with van der Waals surface area (Å²) in [7, 11) is 1.78. The number of rotatable bonds is 2. The van der Waals surface area contributed by atoms with Crippen LogP contribution in [0.2, 0.25) is 5.02 Å². The number of nitrogens with two attached hydrogens (primary N) is 1. The summed E-state index contributed by atoms with van der Waals surface area (Å²) >= 11 is 6.03. The van der Waals surface area contributed by atoms with E-state index in [4.69, 9.17) is 22.1 Å². The zero-order chi connectivity index (χ0) is 19.4. The molecule has 0 spiro atoms. The summed E-state index contributed by atoms with van der Waals surface area (Å²) in [5, 5.41) is 0.610. The van der Waals surface area contributed by atoms with Crippen LogP contribution in [0.5, 0.6) is 5.75 Å². The molecule has 0 saturated carbocycles. The number of amides is 1. The predicted molar refractivity (Wildman–Crippen MR) is 107 cm³/mol. The van der Waals surface area contributed by atoms with Crippen LogP contribution in [0.4, 0.5) is 5.82 Å². The number of ether oxygens (including phenoxy) is 1. The van der Waals surface area contributed by atoms with Crippen molar-refractivity contribution in [3.63, 3.8) is 0 Å². The Morgan fingerprint density at radius 2 is 2.14 bits per heavy atom. The SMILES string of the molecule is CN(C(=O)c1ccc2nc(N)c3cncn3c2c1)[C@@H]1COc2cc(Cl)ccc21. The van der Waals surface area contributed by atoms with E-state index >= 15 is 0 Å². The van der Waals surface area contributed by atoms with Gasteiger partial charge in [0.15, 0.2) is 0 Å². The molecule has 1 aliphatic rings. The molecular weight excluding hydrogens is 378 g/mol. The van der Waals surface area contributed by atoms with E-state index in [2.05, 4.69) is 9.97 Å². The van der Waals surface area contributed by atoms with E-state index in [-0.39, 0.29) is 11.9 Å². The Bertz CT molecular complexity index is 1250. The Balaban J connectivity index is 1.54. The molecule has 2 aromatic carbocycles. The third-order valence-corrected chi connectivity index (χ3v) is 5.38. The third kappa shape index (κ3) is 2.47. The van der Waals surface area contributed by atoms with Gasteiger partial charge in [0.1, 0.15) is 23.7 Å². The number of nitrogen functional groups attached to an aromatic ring is 1. The van der Waals surface area contributed by atoms with Gasteiger partial charge < -0.3 is 15.4 Å². The Morgan fingerprint density at radius 3 is 3.00 bits per heavy atom. The maximum atomic E-state index is 13.2. The summed E-state index contributed by atoms with van der Waals surface area (Å²) in [6.45, 7) is 0.398. The molecule has 2 N–H and O–H groups in total. The second-order valence-corrected chi connectivity index (χ2v) is 7.21. The van der Waals surface area contributed by atoms with Crippen LogP contribution in [0.3, 0.4) is 0 Å². The normalized spacial score (nSPS) is 15.6. The fourth-order valence-corrected chi connectivity index (χ4v) is 3.80. The van der Waals surface area contributed by atoms with Gasteiger partial charge in [0, 0.05) is 23.2 Å². The van der Waals surface area contributed by atoms with Gasteiger partial charge in [-0.2, -0.15) is 0 Å². The smallest absolute Gasteiger partial charge is 0.254 e. The number of aromatic nitrogens is 3. The van der Waals surface area contributed by atoms with E-state index in [1.165, 1.54) is 0 Å². The molecular formula is C20H16ClN5O2. The Labute approximate surface area is 165 Å². The van der Waals surface area contributed by atoms with Gasteiger partial charge in [0.05, 0.1) is 29.6 Å². The number of nitrogens with zero attached hydrogens (tertiary/aromatic N) is 4. The zero-order valence-electron chi connectivity index (χ0n) is 15.0. The molecule has 0 unspecified atom stereocenters. The topological polar surface area (TPSA) is 85.8 Å². The van der Waals surface area contributed by atoms with Gasteiger partial charge in [-0.05, 0) is 30.3 Å². The summed E-state index contributed by atoms with van der Waals surface area (Å²) in [6, 6.07) is 10.7. The molecule has 1 atom stereocenters. The minimum absolute atomic E-state index is 0.108. The van der Waals surface area contributed by atoms with Crippen LogP contribution in [-0.4, -0.2) is 38.8 Å². The van der Waals surface area contributed by atoms with Crippen molar-refractivity contribution < 1.29 is 9.53 Å². The van der Waals surface area contributed by atoms with Crippen LogP contribution in [0, 0.1) is 0 Å². The maximum absolute atomic E-state index is 13.2. The minimum atomic E-state index is -0.173. The highest BCUT2D eigenvalue weighted by Gasteiger charge is 2.31. The van der Waals surface area contributed by atoms with E-state index in [1.54, 1.807) is 42.7 Å². The number of hydrogen-bond donors (Lipinski definition) is 1. The van der Waals surface area contributed by atoms with Gasteiger partial charge in [-0.15, -0.1) is 0 Å². The van der Waals surface area contributed by atoms with Gasteiger partial charge in [-0.25, -0.2) is 9.97 Å². The number of benzene rings is 2. The van der Waals surface area contributed by atoms with Crippen LogP contribution in [0.1, 0.15) is 22.0 Å². The van der Waals surface area contributed by atoms with Crippen LogP contribution in [-0.2, 0) is 0 Å². The van der Waals surface area contributed by atoms with Gasteiger partial charge in [0.2, 0.25) is 0 Å². The molecule has 2 aromatic heterocycles. The number of imidazole rings is 1. The fraction of sp³-hybridized carbons (Fsp3) is 0.150. The quantitative estimate of drug-likeness (QED) is 0.564. The second kappa shape index (κ2) is 6.10. The summed E-state index contributed by atoms with van der Waals surface area (Å²) < 4.78 is 7.55. The van der Waals surface area contributed by atoms with E-state index in [0.29, 0.717) is 34.0 Å². The molecule has 7 nitrogen and oxygen atoms in total. The highest BCUT2D eigenvalue weighted by molar-refractivity contribution is 6.30. The number of carbonyl (C=O) groups is 1. The minimum Gasteiger partial charge on any atom is -0.491 e. The van der Waals surface area contributed by atoms with Crippen LogP contribution in [0.25, 0.3) is 16.6 Å². The van der Waals surface area contributed by atoms with Crippen molar-refractivity contribution in [2.45, 2.75) is 6.04 Å². The van der Waals surface area contributed by atoms with Crippen LogP contribution < -0.4 is 10.5 Å². The van der Waals surface area contributed by atoms with E-state index < -0.39 is 0 Å². The summed E-state index contributed by atoms with van der Waals surface area (Å²) in [5.41, 5.74) is 9.67. The molecule has 0 bridgehead atoms. The molecule has 8 heteroatoms. The van der Waals surface area contributed by atoms with Crippen molar-refractivity contribution in [2.24, 2.45) is 0 Å². The molecule has 28 heavy (non-hydrogen) atoms. The van der Waals surface area contributed by atoms with Crippen molar-refractivity contribution in [1.29, 1.82) is 0 Å². The molecule has 3 heterocycles. The summed E-state index contributed by atoms with van der Waals surface area (Å²) in [4.78, 5) is 23.4. The largest absolute Gasteiger partial charge is 0.491 e. The number of hydrogen-bond acceptors (Lipinski definition) is 5. The molecule has 1 aliphatic heterocycles. The van der Waals surface area contributed by atoms with E-state index in [1.807, 2.05) is 22.6 Å². The lowest BCUT2D eigenvalue weighted by atomic mass is 10.1. The third-order valence-electron chi connectivity index (χ3n) is 5.14. The first-order chi connectivity index (χ1) is 13.5. The standard InChI is InChI=1S/C20H16ClN5O2/c1-25(17-9-28-18-7-12(21)3-4-13(17)18)20(27)11-2-5-14-15(6-11)26-10-23-8-16(26)19(22)24-14/h2-8,10,17H,9H2,1H3,(H2,22,24)/t17-/m1/s1. The monoisotopic (exact) mass is 393 g/mol. The van der Waals surface area contributed by atoms with Gasteiger partial charge in [-0.3, -0.25) is 9.20 Å². The first-order valence-electron chi connectivity index (χ1n) is 8.73. The van der Waals surface area contributed by atoms with E-state index in [0.717, 1.165) is 16.8 Å². The Kier molecular flexibility index (Phi) is 3.67. The number of fused-ring (bicyclic) bond motifs is 4. The van der Waals surface area contributed by atoms with Crippen molar-refractivity contribution in [2.75, 3.05) is 19.4 Å². The maximum Gasteiger partial charge on any atom is 0.254 e. The van der Waals surface area contributed by atoms with Crippen molar-refractivity contribution in [3.8, 4) is 5.75 Å². The van der Waals surface area contributed by atoms with Crippen molar-refractivity contribution >= 4 is 39.9 Å². The highest BCUT2D eigenvalue weighted by atomic mass is 35.5. The first-order valence-corrected chi connectivity index (χ1v) is 9.11. The van der Waals surface area contributed by atoms with Crippen molar-refractivity contribution in [1.82, 2.24) is 19.3 Å². The predicted octanol–water partition coefficient (Wildman–Crippen LogP) is 3.32.